The summed E-state index contributed by atoms with van der Waals surface area (Å²) in [5.41, 5.74) is 4.78. The number of rotatable bonds is 8. The van der Waals surface area contributed by atoms with Crippen molar-refractivity contribution in [3.63, 3.8) is 0 Å². The predicted octanol–water partition coefficient (Wildman–Crippen LogP) is 5.73. The summed E-state index contributed by atoms with van der Waals surface area (Å²) >= 11 is 6.20. The summed E-state index contributed by atoms with van der Waals surface area (Å²) in [6.07, 6.45) is 2.84. The van der Waals surface area contributed by atoms with Gasteiger partial charge in [-0.3, -0.25) is 14.8 Å². The summed E-state index contributed by atoms with van der Waals surface area (Å²) in [6, 6.07) is 29.9. The molecule has 3 aromatic carbocycles. The molecule has 1 aromatic heterocycles. The maximum absolute atomic E-state index is 6.20. The van der Waals surface area contributed by atoms with E-state index in [2.05, 4.69) is 92.9 Å². The average molecular weight is 471 g/mol. The molecule has 34 heavy (non-hydrogen) atoms. The van der Waals surface area contributed by atoms with Crippen molar-refractivity contribution in [3.05, 3.63) is 107 Å². The molecule has 1 unspecified atom stereocenters. The van der Waals surface area contributed by atoms with E-state index >= 15 is 0 Å². The highest BCUT2D eigenvalue weighted by molar-refractivity contribution is 6.31. The quantitative estimate of drug-likeness (QED) is 0.356. The summed E-state index contributed by atoms with van der Waals surface area (Å²) in [5, 5.41) is 5.67. The fourth-order valence-electron chi connectivity index (χ4n) is 4.81. The first kappa shape index (κ1) is 22.9. The van der Waals surface area contributed by atoms with E-state index in [-0.39, 0.29) is 0 Å². The molecule has 4 nitrogen and oxygen atoms in total. The first-order chi connectivity index (χ1) is 16.7. The van der Waals surface area contributed by atoms with Gasteiger partial charge < -0.3 is 5.32 Å². The zero-order valence-electron chi connectivity index (χ0n) is 19.4. The second-order valence-corrected chi connectivity index (χ2v) is 9.55. The minimum atomic E-state index is 0.296. The SMILES string of the molecule is Clc1ccc2c(NC(Cc3ccccc3)CN3CCN(Cc4ccccc4)CC3)ccnc2c1. The van der Waals surface area contributed by atoms with Crippen LogP contribution in [0.25, 0.3) is 10.9 Å². The molecule has 0 saturated carbocycles. The Labute approximate surface area is 207 Å². The van der Waals surface area contributed by atoms with E-state index in [9.17, 15) is 0 Å². The number of piperazine rings is 1. The number of hydrogen-bond acceptors (Lipinski definition) is 4. The Balaban J connectivity index is 1.27. The number of aromatic nitrogens is 1. The molecule has 1 aliphatic rings. The highest BCUT2D eigenvalue weighted by Gasteiger charge is 2.21. The van der Waals surface area contributed by atoms with Gasteiger partial charge in [0, 0.05) is 67.6 Å². The van der Waals surface area contributed by atoms with Crippen LogP contribution >= 0.6 is 11.6 Å². The Bertz CT molecular complexity index is 1190. The summed E-state index contributed by atoms with van der Waals surface area (Å²) in [5.74, 6) is 0. The van der Waals surface area contributed by atoms with Gasteiger partial charge in [-0.05, 0) is 41.8 Å². The average Bonchev–Trinajstić information content (AvgIpc) is 2.86. The third-order valence-electron chi connectivity index (χ3n) is 6.58. The van der Waals surface area contributed by atoms with Crippen molar-refractivity contribution in [1.29, 1.82) is 0 Å². The van der Waals surface area contributed by atoms with E-state index in [1.165, 1.54) is 11.1 Å². The van der Waals surface area contributed by atoms with Crippen molar-refractivity contribution in [3.8, 4) is 0 Å². The third-order valence-corrected chi connectivity index (χ3v) is 6.82. The molecule has 1 N–H and O–H groups in total. The van der Waals surface area contributed by atoms with Gasteiger partial charge in [-0.1, -0.05) is 72.3 Å². The van der Waals surface area contributed by atoms with E-state index in [0.717, 1.165) is 62.3 Å². The van der Waals surface area contributed by atoms with Gasteiger partial charge in [-0.15, -0.1) is 0 Å². The largest absolute Gasteiger partial charge is 0.380 e. The highest BCUT2D eigenvalue weighted by Crippen LogP contribution is 2.25. The van der Waals surface area contributed by atoms with Gasteiger partial charge in [-0.25, -0.2) is 0 Å². The van der Waals surface area contributed by atoms with Crippen molar-refractivity contribution in [1.82, 2.24) is 14.8 Å². The number of nitrogens with zero attached hydrogens (tertiary/aromatic N) is 3. The van der Waals surface area contributed by atoms with Crippen LogP contribution in [0.3, 0.4) is 0 Å². The predicted molar refractivity (Wildman–Crippen MR) is 142 cm³/mol. The Morgan fingerprint density at radius 2 is 1.47 bits per heavy atom. The lowest BCUT2D eigenvalue weighted by molar-refractivity contribution is 0.123. The molecule has 1 atom stereocenters. The summed E-state index contributed by atoms with van der Waals surface area (Å²) in [7, 11) is 0. The van der Waals surface area contributed by atoms with Crippen molar-refractivity contribution >= 4 is 28.2 Å². The number of hydrogen-bond donors (Lipinski definition) is 1. The third kappa shape index (κ3) is 5.95. The molecule has 0 amide bonds. The molecule has 1 saturated heterocycles. The lowest BCUT2D eigenvalue weighted by Crippen LogP contribution is -2.49. The van der Waals surface area contributed by atoms with Gasteiger partial charge in [0.05, 0.1) is 5.52 Å². The van der Waals surface area contributed by atoms with Gasteiger partial charge >= 0.3 is 0 Å². The Morgan fingerprint density at radius 1 is 0.794 bits per heavy atom. The van der Waals surface area contributed by atoms with Crippen LogP contribution < -0.4 is 5.32 Å². The topological polar surface area (TPSA) is 31.4 Å². The standard InChI is InChI=1S/C29H31ClN4/c30-25-11-12-27-28(13-14-31-29(27)20-25)32-26(19-23-7-3-1-4-8-23)22-34-17-15-33(16-18-34)21-24-9-5-2-6-10-24/h1-14,20,26H,15-19,21-22H2,(H,31,32). The second kappa shape index (κ2) is 11.0. The zero-order chi connectivity index (χ0) is 23.2. The van der Waals surface area contributed by atoms with E-state index in [0.29, 0.717) is 11.1 Å². The molecule has 0 radical (unpaired) electrons. The van der Waals surface area contributed by atoms with Crippen LogP contribution in [0.2, 0.25) is 5.02 Å². The fraction of sp³-hybridized carbons (Fsp3) is 0.276. The molecule has 0 bridgehead atoms. The van der Waals surface area contributed by atoms with Crippen LogP contribution in [0, 0.1) is 0 Å². The molecule has 5 heteroatoms. The molecule has 2 heterocycles. The van der Waals surface area contributed by atoms with Crippen molar-refractivity contribution in [2.24, 2.45) is 0 Å². The number of fused-ring (bicyclic) bond motifs is 1. The maximum atomic E-state index is 6.20. The van der Waals surface area contributed by atoms with Crippen LogP contribution in [0.4, 0.5) is 5.69 Å². The molecular weight excluding hydrogens is 440 g/mol. The van der Waals surface area contributed by atoms with Gasteiger partial charge in [-0.2, -0.15) is 0 Å². The molecule has 5 rings (SSSR count). The Kier molecular flexibility index (Phi) is 7.40. The fourth-order valence-corrected chi connectivity index (χ4v) is 4.98. The molecule has 4 aromatic rings. The molecule has 1 fully saturated rings. The zero-order valence-corrected chi connectivity index (χ0v) is 20.2. The second-order valence-electron chi connectivity index (χ2n) is 9.11. The first-order valence-electron chi connectivity index (χ1n) is 12.1. The molecule has 174 valence electrons. The van der Waals surface area contributed by atoms with Crippen molar-refractivity contribution in [2.75, 3.05) is 38.0 Å². The van der Waals surface area contributed by atoms with Gasteiger partial charge in [0.2, 0.25) is 0 Å². The van der Waals surface area contributed by atoms with Crippen LogP contribution in [0.5, 0.6) is 0 Å². The summed E-state index contributed by atoms with van der Waals surface area (Å²) in [4.78, 5) is 9.67. The normalized spacial score (nSPS) is 15.9. The lowest BCUT2D eigenvalue weighted by Gasteiger charge is -2.37. The number of pyridine rings is 1. The number of anilines is 1. The van der Waals surface area contributed by atoms with Gasteiger partial charge in [0.1, 0.15) is 0 Å². The van der Waals surface area contributed by atoms with Gasteiger partial charge in [0.25, 0.3) is 0 Å². The smallest absolute Gasteiger partial charge is 0.0737 e. The van der Waals surface area contributed by atoms with Crippen LogP contribution in [0.15, 0.2) is 91.1 Å². The minimum absolute atomic E-state index is 0.296. The molecule has 0 aliphatic carbocycles. The molecule has 1 aliphatic heterocycles. The van der Waals surface area contributed by atoms with E-state index in [1.54, 1.807) is 0 Å². The van der Waals surface area contributed by atoms with Crippen LogP contribution in [-0.4, -0.2) is 53.5 Å². The van der Waals surface area contributed by atoms with E-state index < -0.39 is 0 Å². The molecular formula is C29H31ClN4. The van der Waals surface area contributed by atoms with Crippen LogP contribution in [-0.2, 0) is 13.0 Å². The monoisotopic (exact) mass is 470 g/mol. The Hall–Kier alpha value is -2.92. The van der Waals surface area contributed by atoms with E-state index in [1.807, 2.05) is 18.3 Å². The number of benzene rings is 3. The first-order valence-corrected chi connectivity index (χ1v) is 12.4. The summed E-state index contributed by atoms with van der Waals surface area (Å²) < 4.78 is 0. The highest BCUT2D eigenvalue weighted by atomic mass is 35.5. The maximum Gasteiger partial charge on any atom is 0.0737 e. The lowest BCUT2D eigenvalue weighted by atomic mass is 10.0. The minimum Gasteiger partial charge on any atom is -0.380 e. The van der Waals surface area contributed by atoms with Crippen molar-refractivity contribution in [2.45, 2.75) is 19.0 Å². The molecule has 0 spiro atoms. The van der Waals surface area contributed by atoms with E-state index in [4.69, 9.17) is 11.6 Å². The number of halogens is 1. The van der Waals surface area contributed by atoms with Gasteiger partial charge in [0.15, 0.2) is 0 Å². The van der Waals surface area contributed by atoms with Crippen LogP contribution in [0.1, 0.15) is 11.1 Å². The Morgan fingerprint density at radius 3 is 2.21 bits per heavy atom. The number of nitrogens with one attached hydrogen (secondary N) is 1. The summed E-state index contributed by atoms with van der Waals surface area (Å²) in [6.45, 7) is 6.42. The van der Waals surface area contributed by atoms with Crippen molar-refractivity contribution < 1.29 is 0 Å².